The Morgan fingerprint density at radius 1 is 1.21 bits per heavy atom. The first-order chi connectivity index (χ1) is 11.4. The van der Waals surface area contributed by atoms with E-state index >= 15 is 0 Å². The van der Waals surface area contributed by atoms with Gasteiger partial charge in [0, 0.05) is 22.8 Å². The Morgan fingerprint density at radius 3 is 2.46 bits per heavy atom. The number of hydrogen-bond acceptors (Lipinski definition) is 2. The number of benzene rings is 2. The van der Waals surface area contributed by atoms with Gasteiger partial charge in [-0.05, 0) is 57.5 Å². The minimum Gasteiger partial charge on any atom is -0.361 e. The van der Waals surface area contributed by atoms with Crippen LogP contribution in [-0.4, -0.2) is 30.7 Å². The molecule has 128 valence electrons. The summed E-state index contributed by atoms with van der Waals surface area (Å²) >= 11 is 11.5. The summed E-state index contributed by atoms with van der Waals surface area (Å²) < 4.78 is 14.2. The molecule has 0 heterocycles. The SMILES string of the molecule is Cc1ccc(NC(=S)NC[C@H](c2c(F)cccc2Cl)N(C)C)cc1. The first kappa shape index (κ1) is 18.6. The molecule has 0 aliphatic rings. The molecule has 0 saturated heterocycles. The maximum Gasteiger partial charge on any atom is 0.170 e. The number of thiocarbonyl (C=S) groups is 1. The van der Waals surface area contributed by atoms with Crippen LogP contribution in [-0.2, 0) is 0 Å². The van der Waals surface area contributed by atoms with Gasteiger partial charge in [-0.1, -0.05) is 35.4 Å². The third-order valence-corrected chi connectivity index (χ3v) is 4.30. The molecule has 0 bridgehead atoms. The summed E-state index contributed by atoms with van der Waals surface area (Å²) in [6.07, 6.45) is 0. The molecule has 1 atom stereocenters. The van der Waals surface area contributed by atoms with Crippen LogP contribution in [0.15, 0.2) is 42.5 Å². The van der Waals surface area contributed by atoms with Gasteiger partial charge in [0.2, 0.25) is 0 Å². The molecule has 0 fully saturated rings. The van der Waals surface area contributed by atoms with Crippen LogP contribution < -0.4 is 10.6 Å². The minimum atomic E-state index is -0.319. The van der Waals surface area contributed by atoms with Gasteiger partial charge >= 0.3 is 0 Å². The predicted octanol–water partition coefficient (Wildman–Crippen LogP) is 4.38. The van der Waals surface area contributed by atoms with Gasteiger partial charge in [0.15, 0.2) is 5.11 Å². The molecule has 0 amide bonds. The average molecular weight is 366 g/mol. The Labute approximate surface area is 152 Å². The Kier molecular flexibility index (Phi) is 6.54. The lowest BCUT2D eigenvalue weighted by Crippen LogP contribution is -2.37. The van der Waals surface area contributed by atoms with Crippen molar-refractivity contribution in [2.75, 3.05) is 26.0 Å². The van der Waals surface area contributed by atoms with Crippen molar-refractivity contribution in [3.63, 3.8) is 0 Å². The highest BCUT2D eigenvalue weighted by Crippen LogP contribution is 2.28. The molecule has 6 heteroatoms. The van der Waals surface area contributed by atoms with Gasteiger partial charge in [-0.15, -0.1) is 0 Å². The number of aryl methyl sites for hydroxylation is 1. The van der Waals surface area contributed by atoms with E-state index in [1.54, 1.807) is 12.1 Å². The van der Waals surface area contributed by atoms with Gasteiger partial charge in [0.1, 0.15) is 5.82 Å². The van der Waals surface area contributed by atoms with Crippen LogP contribution in [0.3, 0.4) is 0 Å². The van der Waals surface area contributed by atoms with Gasteiger partial charge in [-0.3, -0.25) is 0 Å². The predicted molar refractivity (Wildman–Crippen MR) is 103 cm³/mol. The van der Waals surface area contributed by atoms with Gasteiger partial charge in [-0.2, -0.15) is 0 Å². The highest BCUT2D eigenvalue weighted by atomic mass is 35.5. The first-order valence-corrected chi connectivity index (χ1v) is 8.39. The van der Waals surface area contributed by atoms with Crippen molar-refractivity contribution >= 4 is 34.6 Å². The molecule has 24 heavy (non-hydrogen) atoms. The van der Waals surface area contributed by atoms with Gasteiger partial charge in [0.05, 0.1) is 6.04 Å². The summed E-state index contributed by atoms with van der Waals surface area (Å²) in [6, 6.07) is 12.4. The van der Waals surface area contributed by atoms with E-state index in [0.717, 1.165) is 5.69 Å². The largest absolute Gasteiger partial charge is 0.361 e. The number of hydrogen-bond donors (Lipinski definition) is 2. The molecule has 2 N–H and O–H groups in total. The monoisotopic (exact) mass is 365 g/mol. The molecule has 0 spiro atoms. The molecular weight excluding hydrogens is 345 g/mol. The standard InChI is InChI=1S/C18H21ClFN3S/c1-12-7-9-13(10-8-12)22-18(24)21-11-16(23(2)3)17-14(19)5-4-6-15(17)20/h4-10,16H,11H2,1-3H3,(H2,21,22,24)/t16-/m1/s1. The van der Waals surface area contributed by atoms with Gasteiger partial charge in [-0.25, -0.2) is 4.39 Å². The minimum absolute atomic E-state index is 0.239. The molecule has 2 aromatic carbocycles. The van der Waals surface area contributed by atoms with Crippen molar-refractivity contribution in [3.05, 3.63) is 64.4 Å². The van der Waals surface area contributed by atoms with Crippen LogP contribution in [0.1, 0.15) is 17.2 Å². The average Bonchev–Trinajstić information content (AvgIpc) is 2.52. The van der Waals surface area contributed by atoms with E-state index in [0.29, 0.717) is 22.2 Å². The molecule has 0 radical (unpaired) electrons. The Bertz CT molecular complexity index is 684. The number of nitrogens with one attached hydrogen (secondary N) is 2. The van der Waals surface area contributed by atoms with Crippen LogP contribution in [0.2, 0.25) is 5.02 Å². The third-order valence-electron chi connectivity index (χ3n) is 3.72. The maximum atomic E-state index is 14.2. The molecule has 2 aromatic rings. The lowest BCUT2D eigenvalue weighted by atomic mass is 10.1. The second-order valence-corrected chi connectivity index (χ2v) is 6.63. The Hall–Kier alpha value is -1.69. The van der Waals surface area contributed by atoms with Crippen LogP contribution in [0.5, 0.6) is 0 Å². The van der Waals surface area contributed by atoms with E-state index in [2.05, 4.69) is 10.6 Å². The van der Waals surface area contributed by atoms with Crippen LogP contribution in [0.25, 0.3) is 0 Å². The lowest BCUT2D eigenvalue weighted by molar-refractivity contribution is 0.292. The highest BCUT2D eigenvalue weighted by molar-refractivity contribution is 7.80. The van der Waals surface area contributed by atoms with E-state index in [-0.39, 0.29) is 11.9 Å². The smallest absolute Gasteiger partial charge is 0.170 e. The highest BCUT2D eigenvalue weighted by Gasteiger charge is 2.21. The Morgan fingerprint density at radius 2 is 1.88 bits per heavy atom. The van der Waals surface area contributed by atoms with Crippen molar-refractivity contribution < 1.29 is 4.39 Å². The number of anilines is 1. The molecule has 0 unspecified atom stereocenters. The van der Waals surface area contributed by atoms with Gasteiger partial charge in [0.25, 0.3) is 0 Å². The Balaban J connectivity index is 2.04. The summed E-state index contributed by atoms with van der Waals surface area (Å²) in [5.74, 6) is -0.319. The number of rotatable bonds is 5. The van der Waals surface area contributed by atoms with Crippen LogP contribution in [0, 0.1) is 12.7 Å². The van der Waals surface area contributed by atoms with Crippen molar-refractivity contribution in [2.24, 2.45) is 0 Å². The van der Waals surface area contributed by atoms with Crippen molar-refractivity contribution in [1.29, 1.82) is 0 Å². The molecule has 0 aliphatic carbocycles. The normalized spacial score (nSPS) is 12.1. The fourth-order valence-electron chi connectivity index (χ4n) is 2.37. The summed E-state index contributed by atoms with van der Waals surface area (Å²) in [6.45, 7) is 2.46. The molecule has 0 aromatic heterocycles. The van der Waals surface area contributed by atoms with E-state index in [9.17, 15) is 4.39 Å². The van der Waals surface area contributed by atoms with E-state index in [4.69, 9.17) is 23.8 Å². The zero-order valence-corrected chi connectivity index (χ0v) is 15.5. The second-order valence-electron chi connectivity index (χ2n) is 5.82. The van der Waals surface area contributed by atoms with Gasteiger partial charge < -0.3 is 15.5 Å². The lowest BCUT2D eigenvalue weighted by Gasteiger charge is -2.27. The first-order valence-electron chi connectivity index (χ1n) is 7.60. The fraction of sp³-hybridized carbons (Fsp3) is 0.278. The quantitative estimate of drug-likeness (QED) is 0.769. The molecule has 0 saturated carbocycles. The zero-order valence-electron chi connectivity index (χ0n) is 13.9. The number of likely N-dealkylation sites (N-methyl/N-ethyl adjacent to an activating group) is 1. The molecule has 2 rings (SSSR count). The molecule has 3 nitrogen and oxygen atoms in total. The summed E-state index contributed by atoms with van der Waals surface area (Å²) in [4.78, 5) is 1.91. The summed E-state index contributed by atoms with van der Waals surface area (Å²) in [5, 5.41) is 7.15. The van der Waals surface area contributed by atoms with Crippen molar-refractivity contribution in [2.45, 2.75) is 13.0 Å². The summed E-state index contributed by atoms with van der Waals surface area (Å²) in [5.41, 5.74) is 2.56. The summed E-state index contributed by atoms with van der Waals surface area (Å²) in [7, 11) is 3.76. The van der Waals surface area contributed by atoms with Crippen molar-refractivity contribution in [1.82, 2.24) is 10.2 Å². The maximum absolute atomic E-state index is 14.2. The second kappa shape index (κ2) is 8.42. The van der Waals surface area contributed by atoms with E-state index < -0.39 is 0 Å². The molecular formula is C18H21ClFN3S. The third kappa shape index (κ3) is 4.90. The van der Waals surface area contributed by atoms with Crippen LogP contribution >= 0.6 is 23.8 Å². The number of halogens is 2. The van der Waals surface area contributed by atoms with Crippen molar-refractivity contribution in [3.8, 4) is 0 Å². The topological polar surface area (TPSA) is 27.3 Å². The number of nitrogens with zero attached hydrogens (tertiary/aromatic N) is 1. The fourth-order valence-corrected chi connectivity index (χ4v) is 2.86. The van der Waals surface area contributed by atoms with Crippen LogP contribution in [0.4, 0.5) is 10.1 Å². The van der Waals surface area contributed by atoms with E-state index in [1.807, 2.05) is 50.2 Å². The zero-order chi connectivity index (χ0) is 17.7. The molecule has 0 aliphatic heterocycles. The van der Waals surface area contributed by atoms with E-state index in [1.165, 1.54) is 11.6 Å².